The van der Waals surface area contributed by atoms with Crippen LogP contribution in [0.4, 0.5) is 9.18 Å². The van der Waals surface area contributed by atoms with Gasteiger partial charge in [0, 0.05) is 13.7 Å². The number of aliphatic imine (C=N–C) groups is 1. The van der Waals surface area contributed by atoms with Gasteiger partial charge < -0.3 is 15.4 Å². The van der Waals surface area contributed by atoms with Crippen molar-refractivity contribution in [2.75, 3.05) is 20.3 Å². The molecule has 6 nitrogen and oxygen atoms in total. The van der Waals surface area contributed by atoms with Crippen LogP contribution in [0.2, 0.25) is 0 Å². The quantitative estimate of drug-likeness (QED) is 0.893. The minimum absolute atomic E-state index is 0.0960. The smallest absolute Gasteiger partial charge is 0.346 e. The summed E-state index contributed by atoms with van der Waals surface area (Å²) in [5, 5.41) is 8.86. The number of methoxy groups -OCH3 is 1. The predicted molar refractivity (Wildman–Crippen MR) is 69.5 cm³/mol. The summed E-state index contributed by atoms with van der Waals surface area (Å²) in [5.41, 5.74) is 6.21. The minimum atomic E-state index is -0.612. The van der Waals surface area contributed by atoms with Crippen molar-refractivity contribution in [1.29, 1.82) is 5.26 Å². The van der Waals surface area contributed by atoms with Crippen LogP contribution in [-0.4, -0.2) is 37.0 Å². The zero-order chi connectivity index (χ0) is 14.7. The number of carbonyl (C=O) groups excluding carboxylic acids is 1. The molecule has 1 aromatic carbocycles. The van der Waals surface area contributed by atoms with E-state index in [4.69, 9.17) is 15.7 Å². The Labute approximate surface area is 115 Å². The summed E-state index contributed by atoms with van der Waals surface area (Å²) in [6, 6.07) is 4.74. The number of amidine groups is 1. The zero-order valence-electron chi connectivity index (χ0n) is 10.8. The Balaban J connectivity index is 2.36. The summed E-state index contributed by atoms with van der Waals surface area (Å²) in [5.74, 6) is -0.485. The molecule has 0 aliphatic carbocycles. The molecule has 0 fully saturated rings. The van der Waals surface area contributed by atoms with E-state index in [1.165, 1.54) is 30.2 Å². The lowest BCUT2D eigenvalue weighted by atomic mass is 10.0. The number of nitrogens with two attached hydrogens (primary N) is 1. The van der Waals surface area contributed by atoms with Crippen LogP contribution in [-0.2, 0) is 4.74 Å². The van der Waals surface area contributed by atoms with Gasteiger partial charge >= 0.3 is 6.03 Å². The first-order valence-electron chi connectivity index (χ1n) is 5.91. The van der Waals surface area contributed by atoms with Gasteiger partial charge in [0.1, 0.15) is 23.8 Å². The van der Waals surface area contributed by atoms with E-state index in [0.29, 0.717) is 18.7 Å². The number of rotatable bonds is 4. The van der Waals surface area contributed by atoms with Crippen molar-refractivity contribution in [1.82, 2.24) is 4.90 Å². The predicted octanol–water partition coefficient (Wildman–Crippen LogP) is 1.18. The number of carbonyl (C=O) groups is 1. The summed E-state index contributed by atoms with van der Waals surface area (Å²) >= 11 is 0. The van der Waals surface area contributed by atoms with Crippen molar-refractivity contribution < 1.29 is 13.9 Å². The number of urea groups is 1. The number of hydrogen-bond acceptors (Lipinski definition) is 4. The molecule has 1 aromatic rings. The molecule has 0 saturated heterocycles. The minimum Gasteiger partial charge on any atom is -0.385 e. The monoisotopic (exact) mass is 276 g/mol. The fraction of sp³-hybridized carbons (Fsp3) is 0.308. The fourth-order valence-corrected chi connectivity index (χ4v) is 2.07. The molecule has 2 amide bonds. The lowest BCUT2D eigenvalue weighted by Crippen LogP contribution is -2.35. The maximum absolute atomic E-state index is 13.3. The third kappa shape index (κ3) is 2.46. The molecule has 1 aliphatic heterocycles. The average Bonchev–Trinajstić information content (AvgIpc) is 2.71. The summed E-state index contributed by atoms with van der Waals surface area (Å²) in [4.78, 5) is 16.9. The van der Waals surface area contributed by atoms with Gasteiger partial charge in [0.25, 0.3) is 0 Å². The average molecular weight is 276 g/mol. The van der Waals surface area contributed by atoms with Crippen LogP contribution in [0.5, 0.6) is 0 Å². The van der Waals surface area contributed by atoms with Crippen molar-refractivity contribution in [3.63, 3.8) is 0 Å². The number of nitrogens with zero attached hydrogens (tertiary/aromatic N) is 3. The number of amides is 2. The largest absolute Gasteiger partial charge is 0.385 e. The van der Waals surface area contributed by atoms with Crippen molar-refractivity contribution >= 4 is 11.9 Å². The zero-order valence-corrected chi connectivity index (χ0v) is 10.8. The second kappa shape index (κ2) is 5.67. The standard InChI is InChI=1S/C13H13FN4O2/c1-20-5-4-18-11(12(16)17-13(18)19)8-2-3-10(14)9(6-8)7-15/h2-3,6,11H,4-5H2,1H3,(H2,16,17,19). The second-order valence-corrected chi connectivity index (χ2v) is 4.26. The highest BCUT2D eigenvalue weighted by Crippen LogP contribution is 2.27. The number of ether oxygens (including phenoxy) is 1. The molecule has 20 heavy (non-hydrogen) atoms. The lowest BCUT2D eigenvalue weighted by molar-refractivity contribution is 0.150. The summed E-state index contributed by atoms with van der Waals surface area (Å²) < 4.78 is 18.3. The first kappa shape index (κ1) is 14.0. The number of hydrogen-bond donors (Lipinski definition) is 1. The normalized spacial score (nSPS) is 18.1. The molecule has 0 aromatic heterocycles. The molecular formula is C13H13FN4O2. The molecule has 0 spiro atoms. The Hall–Kier alpha value is -2.46. The molecule has 104 valence electrons. The molecule has 1 aliphatic rings. The third-order valence-corrected chi connectivity index (χ3v) is 3.03. The van der Waals surface area contributed by atoms with Crippen molar-refractivity contribution in [3.8, 4) is 6.07 Å². The van der Waals surface area contributed by atoms with Gasteiger partial charge in [-0.3, -0.25) is 0 Å². The molecule has 0 radical (unpaired) electrons. The van der Waals surface area contributed by atoms with Gasteiger partial charge in [-0.25, -0.2) is 9.18 Å². The SMILES string of the molecule is COCCN1C(=O)N=C(N)C1c1ccc(F)c(C#N)c1. The Morgan fingerprint density at radius 1 is 1.60 bits per heavy atom. The van der Waals surface area contributed by atoms with E-state index in [1.807, 2.05) is 0 Å². The first-order valence-corrected chi connectivity index (χ1v) is 5.91. The van der Waals surface area contributed by atoms with Crippen LogP contribution < -0.4 is 5.73 Å². The van der Waals surface area contributed by atoms with Gasteiger partial charge in [0.2, 0.25) is 0 Å². The Morgan fingerprint density at radius 3 is 3.00 bits per heavy atom. The maximum Gasteiger partial charge on any atom is 0.346 e. The van der Waals surface area contributed by atoms with E-state index in [1.54, 1.807) is 6.07 Å². The number of nitriles is 1. The van der Waals surface area contributed by atoms with Gasteiger partial charge in [-0.1, -0.05) is 6.07 Å². The number of benzene rings is 1. The van der Waals surface area contributed by atoms with E-state index in [-0.39, 0.29) is 11.4 Å². The van der Waals surface area contributed by atoms with Crippen LogP contribution in [0.15, 0.2) is 23.2 Å². The van der Waals surface area contributed by atoms with Crippen LogP contribution in [0.3, 0.4) is 0 Å². The molecule has 7 heteroatoms. The van der Waals surface area contributed by atoms with Crippen LogP contribution in [0.25, 0.3) is 0 Å². The van der Waals surface area contributed by atoms with E-state index < -0.39 is 17.9 Å². The van der Waals surface area contributed by atoms with Crippen LogP contribution in [0, 0.1) is 17.1 Å². The van der Waals surface area contributed by atoms with Gasteiger partial charge in [-0.15, -0.1) is 0 Å². The van der Waals surface area contributed by atoms with E-state index in [2.05, 4.69) is 4.99 Å². The highest BCUT2D eigenvalue weighted by molar-refractivity contribution is 6.03. The molecule has 1 heterocycles. The van der Waals surface area contributed by atoms with E-state index >= 15 is 0 Å². The summed E-state index contributed by atoms with van der Waals surface area (Å²) in [6.07, 6.45) is 0. The van der Waals surface area contributed by atoms with E-state index in [0.717, 1.165) is 0 Å². The Bertz CT molecular complexity index is 609. The van der Waals surface area contributed by atoms with Gasteiger partial charge in [0.05, 0.1) is 12.2 Å². The van der Waals surface area contributed by atoms with Crippen molar-refractivity contribution in [2.45, 2.75) is 6.04 Å². The number of halogens is 1. The lowest BCUT2D eigenvalue weighted by Gasteiger charge is -2.24. The molecule has 2 N–H and O–H groups in total. The molecule has 1 atom stereocenters. The van der Waals surface area contributed by atoms with Gasteiger partial charge in [-0.05, 0) is 17.7 Å². The van der Waals surface area contributed by atoms with Gasteiger partial charge in [0.15, 0.2) is 0 Å². The summed E-state index contributed by atoms with van der Waals surface area (Å²) in [7, 11) is 1.52. The Kier molecular flexibility index (Phi) is 3.96. The van der Waals surface area contributed by atoms with Crippen LogP contribution in [0.1, 0.15) is 17.2 Å². The van der Waals surface area contributed by atoms with Crippen molar-refractivity contribution in [2.24, 2.45) is 10.7 Å². The second-order valence-electron chi connectivity index (χ2n) is 4.26. The molecule has 2 rings (SSSR count). The highest BCUT2D eigenvalue weighted by Gasteiger charge is 2.34. The van der Waals surface area contributed by atoms with Crippen molar-refractivity contribution in [3.05, 3.63) is 35.1 Å². The highest BCUT2D eigenvalue weighted by atomic mass is 19.1. The fourth-order valence-electron chi connectivity index (χ4n) is 2.07. The van der Waals surface area contributed by atoms with Crippen LogP contribution >= 0.6 is 0 Å². The molecule has 0 saturated carbocycles. The molecule has 1 unspecified atom stereocenters. The maximum atomic E-state index is 13.3. The molecule has 0 bridgehead atoms. The molecular weight excluding hydrogens is 263 g/mol. The summed E-state index contributed by atoms with van der Waals surface area (Å²) in [6.45, 7) is 0.640. The first-order chi connectivity index (χ1) is 9.58. The van der Waals surface area contributed by atoms with E-state index in [9.17, 15) is 9.18 Å². The van der Waals surface area contributed by atoms with Gasteiger partial charge in [-0.2, -0.15) is 10.3 Å². The third-order valence-electron chi connectivity index (χ3n) is 3.03. The topological polar surface area (TPSA) is 91.7 Å². The Morgan fingerprint density at radius 2 is 2.35 bits per heavy atom.